The maximum Gasteiger partial charge on any atom is 0.416 e. The molecular formula is C14H17N3O5. The number of ether oxygens (including phenoxy) is 1. The summed E-state index contributed by atoms with van der Waals surface area (Å²) in [6, 6.07) is 0.0468. The molecule has 2 bridgehead atoms. The van der Waals surface area contributed by atoms with E-state index in [4.69, 9.17) is 4.74 Å². The normalized spacial score (nSPS) is 30.3. The van der Waals surface area contributed by atoms with Gasteiger partial charge in [-0.25, -0.2) is 4.79 Å². The van der Waals surface area contributed by atoms with E-state index < -0.39 is 5.76 Å². The molecule has 4 rings (SSSR count). The smallest absolute Gasteiger partial charge is 0.416 e. The summed E-state index contributed by atoms with van der Waals surface area (Å²) in [6.45, 7) is 1.68. The highest BCUT2D eigenvalue weighted by molar-refractivity contribution is 5.93. The molecule has 22 heavy (non-hydrogen) atoms. The van der Waals surface area contributed by atoms with Crippen molar-refractivity contribution in [2.75, 3.05) is 19.7 Å². The van der Waals surface area contributed by atoms with Crippen LogP contribution in [-0.4, -0.2) is 64.5 Å². The Kier molecular flexibility index (Phi) is 3.07. The van der Waals surface area contributed by atoms with Crippen LogP contribution in [-0.2, 0) is 9.53 Å². The van der Waals surface area contributed by atoms with Gasteiger partial charge >= 0.3 is 5.76 Å². The van der Waals surface area contributed by atoms with Gasteiger partial charge in [0.2, 0.25) is 0 Å². The number of carbonyl (C=O) groups is 2. The number of H-pyrrole nitrogens is 1. The number of fused-ring (bicyclic) bond motifs is 2. The van der Waals surface area contributed by atoms with Gasteiger partial charge in [0.15, 0.2) is 0 Å². The van der Waals surface area contributed by atoms with Crippen molar-refractivity contribution in [2.45, 2.75) is 37.5 Å². The Balaban J connectivity index is 1.44. The van der Waals surface area contributed by atoms with Gasteiger partial charge in [-0.3, -0.25) is 14.6 Å². The van der Waals surface area contributed by atoms with Crippen LogP contribution >= 0.6 is 0 Å². The topological polar surface area (TPSA) is 95.9 Å². The molecule has 1 aromatic rings. The van der Waals surface area contributed by atoms with Gasteiger partial charge < -0.3 is 19.0 Å². The molecule has 4 heterocycles. The number of aromatic nitrogens is 1. The SMILES string of the molecule is O=C(c1coc(=O)[nH]1)N1C[C@@H]2C[C@H]1CN2C(=O)[C@@H]1CCCO1. The van der Waals surface area contributed by atoms with Crippen molar-refractivity contribution in [1.29, 1.82) is 0 Å². The van der Waals surface area contributed by atoms with Crippen molar-refractivity contribution in [2.24, 2.45) is 0 Å². The molecule has 0 saturated carbocycles. The van der Waals surface area contributed by atoms with Crippen LogP contribution in [0.4, 0.5) is 0 Å². The predicted octanol–water partition coefficient (Wildman–Crippen LogP) is -0.428. The molecule has 0 spiro atoms. The fourth-order valence-corrected chi connectivity index (χ4v) is 3.68. The van der Waals surface area contributed by atoms with Crippen LogP contribution < -0.4 is 5.76 Å². The van der Waals surface area contributed by atoms with Crippen LogP contribution in [0.15, 0.2) is 15.5 Å². The number of nitrogens with zero attached hydrogens (tertiary/aromatic N) is 2. The molecule has 3 aliphatic heterocycles. The van der Waals surface area contributed by atoms with Crippen molar-refractivity contribution in [3.63, 3.8) is 0 Å². The van der Waals surface area contributed by atoms with E-state index in [1.54, 1.807) is 4.90 Å². The zero-order chi connectivity index (χ0) is 15.3. The first-order valence-corrected chi connectivity index (χ1v) is 7.54. The van der Waals surface area contributed by atoms with Crippen LogP contribution in [0.1, 0.15) is 29.8 Å². The van der Waals surface area contributed by atoms with Crippen molar-refractivity contribution in [1.82, 2.24) is 14.8 Å². The van der Waals surface area contributed by atoms with Crippen LogP contribution in [0.3, 0.4) is 0 Å². The molecule has 118 valence electrons. The van der Waals surface area contributed by atoms with E-state index in [-0.39, 0.29) is 35.7 Å². The summed E-state index contributed by atoms with van der Waals surface area (Å²) < 4.78 is 10.1. The molecular weight excluding hydrogens is 290 g/mol. The van der Waals surface area contributed by atoms with E-state index >= 15 is 0 Å². The van der Waals surface area contributed by atoms with E-state index in [1.165, 1.54) is 0 Å². The first-order chi connectivity index (χ1) is 10.6. The Morgan fingerprint density at radius 2 is 2.00 bits per heavy atom. The molecule has 1 aromatic heterocycles. The highest BCUT2D eigenvalue weighted by Gasteiger charge is 2.48. The van der Waals surface area contributed by atoms with E-state index in [0.717, 1.165) is 25.5 Å². The van der Waals surface area contributed by atoms with Crippen molar-refractivity contribution < 1.29 is 18.7 Å². The number of carbonyl (C=O) groups excluding carboxylic acids is 2. The molecule has 3 fully saturated rings. The fraction of sp³-hybridized carbons (Fsp3) is 0.643. The summed E-state index contributed by atoms with van der Waals surface area (Å²) in [5, 5.41) is 0. The quantitative estimate of drug-likeness (QED) is 0.800. The number of likely N-dealkylation sites (tertiary alicyclic amines) is 2. The number of hydrogen-bond acceptors (Lipinski definition) is 5. The second kappa shape index (κ2) is 4.98. The minimum Gasteiger partial charge on any atom is -0.416 e. The van der Waals surface area contributed by atoms with Gasteiger partial charge in [-0.1, -0.05) is 0 Å². The Hall–Kier alpha value is -2.09. The Labute approximate surface area is 126 Å². The van der Waals surface area contributed by atoms with Crippen molar-refractivity contribution >= 4 is 11.8 Å². The van der Waals surface area contributed by atoms with Gasteiger partial charge in [0, 0.05) is 19.7 Å². The van der Waals surface area contributed by atoms with Crippen molar-refractivity contribution in [3.05, 3.63) is 22.5 Å². The van der Waals surface area contributed by atoms with E-state index in [0.29, 0.717) is 19.7 Å². The molecule has 0 radical (unpaired) electrons. The maximum atomic E-state index is 12.4. The summed E-state index contributed by atoms with van der Waals surface area (Å²) >= 11 is 0. The number of rotatable bonds is 2. The average molecular weight is 307 g/mol. The molecule has 0 aromatic carbocycles. The average Bonchev–Trinajstić information content (AvgIpc) is 3.27. The van der Waals surface area contributed by atoms with Gasteiger partial charge in [-0.05, 0) is 19.3 Å². The number of piperazine rings is 1. The van der Waals surface area contributed by atoms with Gasteiger partial charge in [0.05, 0.1) is 12.1 Å². The van der Waals surface area contributed by atoms with Crippen LogP contribution in [0, 0.1) is 0 Å². The lowest BCUT2D eigenvalue weighted by atomic mass is 10.2. The summed E-state index contributed by atoms with van der Waals surface area (Å²) in [5.41, 5.74) is 0.162. The predicted molar refractivity (Wildman–Crippen MR) is 73.2 cm³/mol. The summed E-state index contributed by atoms with van der Waals surface area (Å²) in [5.74, 6) is -0.834. The second-order valence-electron chi connectivity index (χ2n) is 6.05. The number of aromatic amines is 1. The first-order valence-electron chi connectivity index (χ1n) is 7.54. The van der Waals surface area contributed by atoms with Gasteiger partial charge in [0.1, 0.15) is 18.1 Å². The van der Waals surface area contributed by atoms with Crippen molar-refractivity contribution in [3.8, 4) is 0 Å². The van der Waals surface area contributed by atoms with E-state index in [1.807, 2.05) is 4.90 Å². The van der Waals surface area contributed by atoms with E-state index in [9.17, 15) is 14.4 Å². The number of hydrogen-bond donors (Lipinski definition) is 1. The molecule has 3 aliphatic rings. The number of nitrogens with one attached hydrogen (secondary N) is 1. The largest absolute Gasteiger partial charge is 0.416 e. The molecule has 0 unspecified atom stereocenters. The monoisotopic (exact) mass is 307 g/mol. The third-order valence-electron chi connectivity index (χ3n) is 4.74. The Morgan fingerprint density at radius 3 is 2.59 bits per heavy atom. The first kappa shape index (κ1) is 13.6. The summed E-state index contributed by atoms with van der Waals surface area (Å²) in [6.07, 6.45) is 3.33. The summed E-state index contributed by atoms with van der Waals surface area (Å²) in [4.78, 5) is 41.7. The second-order valence-corrected chi connectivity index (χ2v) is 6.05. The Morgan fingerprint density at radius 1 is 1.23 bits per heavy atom. The minimum absolute atomic E-state index is 0.00116. The maximum absolute atomic E-state index is 12.4. The third kappa shape index (κ3) is 2.06. The molecule has 3 atom stereocenters. The van der Waals surface area contributed by atoms with E-state index in [2.05, 4.69) is 9.40 Å². The van der Waals surface area contributed by atoms with Gasteiger partial charge in [-0.2, -0.15) is 0 Å². The highest BCUT2D eigenvalue weighted by atomic mass is 16.5. The fourth-order valence-electron chi connectivity index (χ4n) is 3.68. The van der Waals surface area contributed by atoms with Gasteiger partial charge in [-0.15, -0.1) is 0 Å². The lowest BCUT2D eigenvalue weighted by molar-refractivity contribution is -0.143. The minimum atomic E-state index is -0.636. The zero-order valence-electron chi connectivity index (χ0n) is 12.0. The number of amides is 2. The molecule has 0 aliphatic carbocycles. The molecule has 3 saturated heterocycles. The van der Waals surface area contributed by atoms with Crippen LogP contribution in [0.25, 0.3) is 0 Å². The number of oxazole rings is 1. The third-order valence-corrected chi connectivity index (χ3v) is 4.74. The molecule has 8 nitrogen and oxygen atoms in total. The Bertz CT molecular complexity index is 659. The molecule has 1 N–H and O–H groups in total. The summed E-state index contributed by atoms with van der Waals surface area (Å²) in [7, 11) is 0. The van der Waals surface area contributed by atoms with Crippen LogP contribution in [0.2, 0.25) is 0 Å². The standard InChI is InChI=1S/C14H17N3O5/c18-12(10-7-22-14(20)15-10)16-5-9-4-8(16)6-17(9)13(19)11-2-1-3-21-11/h7-9,11H,1-6H2,(H,15,20)/t8-,9-,11-/m0/s1. The lowest BCUT2D eigenvalue weighted by Crippen LogP contribution is -2.53. The zero-order valence-corrected chi connectivity index (χ0v) is 12.0. The lowest BCUT2D eigenvalue weighted by Gasteiger charge is -2.35. The van der Waals surface area contributed by atoms with Gasteiger partial charge in [0.25, 0.3) is 11.8 Å². The molecule has 8 heteroatoms. The molecule has 2 amide bonds. The van der Waals surface area contributed by atoms with Crippen LogP contribution in [0.5, 0.6) is 0 Å². The highest BCUT2D eigenvalue weighted by Crippen LogP contribution is 2.33.